The van der Waals surface area contributed by atoms with E-state index in [0.29, 0.717) is 11.4 Å². The quantitative estimate of drug-likeness (QED) is 0.781. The van der Waals surface area contributed by atoms with Crippen molar-refractivity contribution < 1.29 is 13.2 Å². The van der Waals surface area contributed by atoms with Crippen LogP contribution in [-0.4, -0.2) is 24.5 Å². The number of anilines is 2. The summed E-state index contributed by atoms with van der Waals surface area (Å²) in [6, 6.07) is 7.75. The van der Waals surface area contributed by atoms with E-state index in [4.69, 9.17) is 0 Å². The maximum absolute atomic E-state index is 11.9. The molecule has 19 heavy (non-hydrogen) atoms. The van der Waals surface area contributed by atoms with Gasteiger partial charge >= 0.3 is 0 Å². The van der Waals surface area contributed by atoms with Gasteiger partial charge in [0.2, 0.25) is 5.91 Å². The minimum absolute atomic E-state index is 0.0302. The average molecular weight is 280 g/mol. The van der Waals surface area contributed by atoms with Crippen molar-refractivity contribution >= 4 is 27.3 Å². The summed E-state index contributed by atoms with van der Waals surface area (Å²) in [5.41, 5.74) is 0.859. The fourth-order valence-electron chi connectivity index (χ4n) is 1.47. The van der Waals surface area contributed by atoms with E-state index in [2.05, 4.69) is 20.2 Å². The minimum atomic E-state index is -3.70. The van der Waals surface area contributed by atoms with Crippen LogP contribution in [0.25, 0.3) is 0 Å². The number of amides is 1. The van der Waals surface area contributed by atoms with Crippen LogP contribution in [0.15, 0.2) is 41.6 Å². The van der Waals surface area contributed by atoms with Crippen LogP contribution in [0.5, 0.6) is 0 Å². The summed E-state index contributed by atoms with van der Waals surface area (Å²) in [6.45, 7) is 1.38. The topological polar surface area (TPSA) is 104 Å². The number of aromatic amines is 1. The highest BCUT2D eigenvalue weighted by atomic mass is 32.2. The fraction of sp³-hybridized carbons (Fsp3) is 0.0909. The SMILES string of the molecule is CC(=O)Nc1cccc(NS(=O)(=O)c2ccn[nH]2)c1. The third kappa shape index (κ3) is 3.32. The first-order valence-corrected chi connectivity index (χ1v) is 6.85. The van der Waals surface area contributed by atoms with E-state index in [0.717, 1.165) is 0 Å². The summed E-state index contributed by atoms with van der Waals surface area (Å²) in [5.74, 6) is -0.228. The van der Waals surface area contributed by atoms with Crippen molar-refractivity contribution in [3.8, 4) is 0 Å². The molecule has 2 aromatic rings. The van der Waals surface area contributed by atoms with Crippen molar-refractivity contribution in [3.63, 3.8) is 0 Å². The lowest BCUT2D eigenvalue weighted by molar-refractivity contribution is -0.114. The Balaban J connectivity index is 2.22. The van der Waals surface area contributed by atoms with E-state index in [1.165, 1.54) is 25.3 Å². The lowest BCUT2D eigenvalue weighted by atomic mass is 10.3. The van der Waals surface area contributed by atoms with Crippen molar-refractivity contribution in [3.05, 3.63) is 36.5 Å². The van der Waals surface area contributed by atoms with E-state index in [1.54, 1.807) is 18.2 Å². The number of nitrogens with zero attached hydrogens (tertiary/aromatic N) is 1. The second-order valence-corrected chi connectivity index (χ2v) is 5.44. The fourth-order valence-corrected chi connectivity index (χ4v) is 2.43. The first-order chi connectivity index (χ1) is 8.97. The number of aromatic nitrogens is 2. The number of hydrogen-bond donors (Lipinski definition) is 3. The number of sulfonamides is 1. The van der Waals surface area contributed by atoms with E-state index >= 15 is 0 Å². The number of carbonyl (C=O) groups excluding carboxylic acids is 1. The molecule has 1 aromatic heterocycles. The summed E-state index contributed by atoms with van der Waals surface area (Å²) in [5, 5.41) is 8.50. The molecule has 0 aliphatic carbocycles. The third-order valence-corrected chi connectivity index (χ3v) is 3.51. The molecule has 0 fully saturated rings. The molecule has 0 aliphatic rings. The summed E-state index contributed by atoms with van der Waals surface area (Å²) in [6.07, 6.45) is 1.35. The van der Waals surface area contributed by atoms with Crippen molar-refractivity contribution in [1.29, 1.82) is 0 Å². The Morgan fingerprint density at radius 3 is 2.63 bits per heavy atom. The maximum Gasteiger partial charge on any atom is 0.278 e. The summed E-state index contributed by atoms with van der Waals surface area (Å²) in [7, 11) is -3.70. The maximum atomic E-state index is 11.9. The van der Waals surface area contributed by atoms with Gasteiger partial charge in [-0.2, -0.15) is 13.5 Å². The average Bonchev–Trinajstić information content (AvgIpc) is 2.81. The predicted octanol–water partition coefficient (Wildman–Crippen LogP) is 1.17. The van der Waals surface area contributed by atoms with E-state index in [1.807, 2.05) is 0 Å². The van der Waals surface area contributed by atoms with Crippen LogP contribution in [0.2, 0.25) is 0 Å². The monoisotopic (exact) mass is 280 g/mol. The summed E-state index contributed by atoms with van der Waals surface area (Å²) >= 11 is 0. The zero-order valence-corrected chi connectivity index (χ0v) is 10.9. The highest BCUT2D eigenvalue weighted by Crippen LogP contribution is 2.18. The Hall–Kier alpha value is -2.35. The van der Waals surface area contributed by atoms with Crippen LogP contribution in [0.3, 0.4) is 0 Å². The summed E-state index contributed by atoms with van der Waals surface area (Å²) < 4.78 is 26.2. The molecule has 2 rings (SSSR count). The number of hydrogen-bond acceptors (Lipinski definition) is 4. The van der Waals surface area contributed by atoms with Gasteiger partial charge in [-0.3, -0.25) is 14.6 Å². The first kappa shape index (κ1) is 13.1. The number of nitrogens with one attached hydrogen (secondary N) is 3. The Kier molecular flexibility index (Phi) is 3.52. The third-order valence-electron chi connectivity index (χ3n) is 2.20. The summed E-state index contributed by atoms with van der Waals surface area (Å²) in [4.78, 5) is 10.9. The Morgan fingerprint density at radius 2 is 2.00 bits per heavy atom. The number of carbonyl (C=O) groups is 1. The second-order valence-electron chi connectivity index (χ2n) is 3.79. The molecule has 0 unspecified atom stereocenters. The molecule has 100 valence electrons. The van der Waals surface area contributed by atoms with Crippen molar-refractivity contribution in [2.24, 2.45) is 0 Å². The standard InChI is InChI=1S/C11H12N4O3S/c1-8(16)13-9-3-2-4-10(7-9)15-19(17,18)11-5-6-12-14-11/h2-7,15H,1H3,(H,12,14)(H,13,16). The van der Waals surface area contributed by atoms with Crippen molar-refractivity contribution in [2.75, 3.05) is 10.0 Å². The smallest absolute Gasteiger partial charge is 0.278 e. The van der Waals surface area contributed by atoms with Gasteiger partial charge in [0.05, 0.1) is 11.9 Å². The van der Waals surface area contributed by atoms with Crippen molar-refractivity contribution in [1.82, 2.24) is 10.2 Å². The number of rotatable bonds is 4. The molecule has 0 saturated carbocycles. The molecule has 0 atom stereocenters. The van der Waals surface area contributed by atoms with Crippen LogP contribution in [0.4, 0.5) is 11.4 Å². The normalized spacial score (nSPS) is 11.0. The van der Waals surface area contributed by atoms with E-state index < -0.39 is 10.0 Å². The van der Waals surface area contributed by atoms with Crippen LogP contribution in [-0.2, 0) is 14.8 Å². The number of benzene rings is 1. The Labute approximate surface area is 110 Å². The molecule has 0 radical (unpaired) electrons. The molecule has 0 aliphatic heterocycles. The molecule has 8 heteroatoms. The van der Waals surface area contributed by atoms with Gasteiger partial charge in [0.1, 0.15) is 0 Å². The molecule has 0 bridgehead atoms. The highest BCUT2D eigenvalue weighted by Gasteiger charge is 2.15. The van der Waals surface area contributed by atoms with Crippen LogP contribution >= 0.6 is 0 Å². The van der Waals surface area contributed by atoms with Gasteiger partial charge in [0.25, 0.3) is 10.0 Å². The molecule has 1 heterocycles. The molecule has 0 saturated heterocycles. The van der Waals surface area contributed by atoms with Gasteiger partial charge < -0.3 is 5.32 Å². The zero-order chi connectivity index (χ0) is 13.9. The van der Waals surface area contributed by atoms with Gasteiger partial charge in [-0.05, 0) is 24.3 Å². The van der Waals surface area contributed by atoms with Crippen molar-refractivity contribution in [2.45, 2.75) is 11.9 Å². The highest BCUT2D eigenvalue weighted by molar-refractivity contribution is 7.92. The van der Waals surface area contributed by atoms with Crippen LogP contribution in [0.1, 0.15) is 6.92 Å². The lowest BCUT2D eigenvalue weighted by Gasteiger charge is -2.08. The lowest BCUT2D eigenvalue weighted by Crippen LogP contribution is -2.14. The molecular formula is C11H12N4O3S. The molecule has 7 nitrogen and oxygen atoms in total. The van der Waals surface area contributed by atoms with Crippen LogP contribution < -0.4 is 10.0 Å². The van der Waals surface area contributed by atoms with E-state index in [-0.39, 0.29) is 10.9 Å². The molecule has 3 N–H and O–H groups in total. The van der Waals surface area contributed by atoms with Crippen LogP contribution in [0, 0.1) is 0 Å². The second kappa shape index (κ2) is 5.11. The predicted molar refractivity (Wildman–Crippen MR) is 70.1 cm³/mol. The molecule has 1 amide bonds. The molecular weight excluding hydrogens is 268 g/mol. The first-order valence-electron chi connectivity index (χ1n) is 5.37. The van der Waals surface area contributed by atoms with Gasteiger partial charge in [-0.1, -0.05) is 6.07 Å². The Bertz CT molecular complexity index is 680. The molecule has 0 spiro atoms. The minimum Gasteiger partial charge on any atom is -0.326 e. The molecule has 1 aromatic carbocycles. The zero-order valence-electron chi connectivity index (χ0n) is 10.0. The van der Waals surface area contributed by atoms with Gasteiger partial charge in [-0.15, -0.1) is 0 Å². The van der Waals surface area contributed by atoms with Gasteiger partial charge in [0.15, 0.2) is 5.03 Å². The van der Waals surface area contributed by atoms with E-state index in [9.17, 15) is 13.2 Å². The number of H-pyrrole nitrogens is 1. The van der Waals surface area contributed by atoms with Gasteiger partial charge in [-0.25, -0.2) is 0 Å². The Morgan fingerprint density at radius 1 is 1.26 bits per heavy atom. The van der Waals surface area contributed by atoms with Gasteiger partial charge in [0, 0.05) is 12.6 Å². The largest absolute Gasteiger partial charge is 0.326 e.